The van der Waals surface area contributed by atoms with E-state index in [1.165, 1.54) is 5.56 Å². The van der Waals surface area contributed by atoms with E-state index in [1.807, 2.05) is 18.2 Å². The maximum absolute atomic E-state index is 8.47. The molecule has 2 heterocycles. The molecule has 0 radical (unpaired) electrons. The van der Waals surface area contributed by atoms with Gasteiger partial charge in [-0.3, -0.25) is 0 Å². The van der Waals surface area contributed by atoms with Crippen LogP contribution in [0.25, 0.3) is 11.1 Å². The number of hydrogen-bond donors (Lipinski definition) is 1. The van der Waals surface area contributed by atoms with Gasteiger partial charge in [0.1, 0.15) is 12.3 Å². The molecule has 5 nitrogen and oxygen atoms in total. The van der Waals surface area contributed by atoms with Crippen LogP contribution in [0.5, 0.6) is 5.75 Å². The van der Waals surface area contributed by atoms with Crippen LogP contribution >= 0.6 is 0 Å². The smallest absolute Gasteiger partial charge is 0.223 e. The van der Waals surface area contributed by atoms with E-state index in [9.17, 15) is 0 Å². The van der Waals surface area contributed by atoms with Crippen molar-refractivity contribution in [2.45, 2.75) is 6.42 Å². The van der Waals surface area contributed by atoms with E-state index in [2.05, 4.69) is 21.4 Å². The summed E-state index contributed by atoms with van der Waals surface area (Å²) in [6.45, 7) is 0.960. The Balaban J connectivity index is 1.84. The third kappa shape index (κ3) is 2.33. The van der Waals surface area contributed by atoms with E-state index in [0.717, 1.165) is 29.9 Å². The summed E-state index contributed by atoms with van der Waals surface area (Å²) in [5.74, 6) is 1.44. The van der Waals surface area contributed by atoms with E-state index >= 15 is 0 Å². The molecule has 0 fully saturated rings. The number of nitrogens with zero attached hydrogens (tertiary/aromatic N) is 3. The number of ether oxygens (including phenoxy) is 1. The van der Waals surface area contributed by atoms with Crippen LogP contribution in [0.4, 0.5) is 5.95 Å². The fourth-order valence-corrected chi connectivity index (χ4v) is 2.05. The largest absolute Gasteiger partial charge is 0.493 e. The lowest BCUT2D eigenvalue weighted by Crippen LogP contribution is -2.02. The number of nitriles is 1. The van der Waals surface area contributed by atoms with Crippen LogP contribution in [0.3, 0.4) is 0 Å². The second-order valence-electron chi connectivity index (χ2n) is 4.23. The van der Waals surface area contributed by atoms with Crippen LogP contribution in [0, 0.1) is 11.3 Å². The van der Waals surface area contributed by atoms with Gasteiger partial charge in [-0.2, -0.15) is 5.26 Å². The summed E-state index contributed by atoms with van der Waals surface area (Å²) in [4.78, 5) is 8.36. The van der Waals surface area contributed by atoms with E-state index < -0.39 is 0 Å². The highest BCUT2D eigenvalue weighted by Crippen LogP contribution is 2.29. The van der Waals surface area contributed by atoms with E-state index in [-0.39, 0.29) is 6.54 Å². The van der Waals surface area contributed by atoms with E-state index in [1.54, 1.807) is 12.4 Å². The number of anilines is 1. The van der Waals surface area contributed by atoms with Gasteiger partial charge in [0.05, 0.1) is 12.7 Å². The van der Waals surface area contributed by atoms with Crippen molar-refractivity contribution >= 4 is 5.95 Å². The highest BCUT2D eigenvalue weighted by atomic mass is 16.5. The molecule has 2 aromatic rings. The molecule has 0 amide bonds. The molecule has 0 aliphatic carbocycles. The molecule has 19 heavy (non-hydrogen) atoms. The summed E-state index contributed by atoms with van der Waals surface area (Å²) in [6.07, 6.45) is 4.46. The molecule has 0 atom stereocenters. The number of benzene rings is 1. The van der Waals surface area contributed by atoms with Gasteiger partial charge in [0.2, 0.25) is 5.95 Å². The maximum atomic E-state index is 8.47. The molecule has 1 N–H and O–H groups in total. The standard InChI is InChI=1S/C14H12N4O/c15-4-5-16-14-17-8-12(9-18-14)10-1-2-13-11(7-10)3-6-19-13/h1-2,7-9H,3,5-6H2,(H,16,17,18). The van der Waals surface area contributed by atoms with Crippen LogP contribution < -0.4 is 10.1 Å². The van der Waals surface area contributed by atoms with Gasteiger partial charge in [-0.15, -0.1) is 0 Å². The number of fused-ring (bicyclic) bond motifs is 1. The van der Waals surface area contributed by atoms with Gasteiger partial charge in [-0.1, -0.05) is 6.07 Å². The van der Waals surface area contributed by atoms with Crippen LogP contribution in [0.2, 0.25) is 0 Å². The SMILES string of the molecule is N#CCNc1ncc(-c2ccc3c(c2)CCO3)cn1. The first kappa shape index (κ1) is 11.5. The molecule has 0 saturated carbocycles. The van der Waals surface area contributed by atoms with Crippen molar-refractivity contribution in [3.05, 3.63) is 36.2 Å². The average Bonchev–Trinajstić information content (AvgIpc) is 2.93. The zero-order valence-electron chi connectivity index (χ0n) is 10.3. The molecular formula is C14H12N4O. The third-order valence-corrected chi connectivity index (χ3v) is 3.00. The molecule has 94 valence electrons. The van der Waals surface area contributed by atoms with Gasteiger partial charge in [0.15, 0.2) is 0 Å². The van der Waals surface area contributed by atoms with Crippen molar-refractivity contribution in [1.82, 2.24) is 9.97 Å². The number of hydrogen-bond acceptors (Lipinski definition) is 5. The van der Waals surface area contributed by atoms with Crippen molar-refractivity contribution in [2.75, 3.05) is 18.5 Å². The number of rotatable bonds is 3. The Kier molecular flexibility index (Phi) is 2.99. The van der Waals surface area contributed by atoms with Crippen molar-refractivity contribution in [3.63, 3.8) is 0 Å². The monoisotopic (exact) mass is 252 g/mol. The number of nitrogens with one attached hydrogen (secondary N) is 1. The lowest BCUT2D eigenvalue weighted by molar-refractivity contribution is 0.357. The van der Waals surface area contributed by atoms with E-state index in [0.29, 0.717) is 5.95 Å². The Bertz CT molecular complexity index is 631. The molecule has 1 aromatic heterocycles. The normalized spacial score (nSPS) is 12.4. The van der Waals surface area contributed by atoms with Crippen LogP contribution in [-0.4, -0.2) is 23.1 Å². The summed E-state index contributed by atoms with van der Waals surface area (Å²) < 4.78 is 5.48. The second-order valence-corrected chi connectivity index (χ2v) is 4.23. The molecule has 1 aliphatic heterocycles. The molecule has 0 unspecified atom stereocenters. The van der Waals surface area contributed by atoms with Gasteiger partial charge >= 0.3 is 0 Å². The minimum Gasteiger partial charge on any atom is -0.493 e. The molecule has 3 rings (SSSR count). The van der Waals surface area contributed by atoms with Gasteiger partial charge in [-0.25, -0.2) is 9.97 Å². The lowest BCUT2D eigenvalue weighted by atomic mass is 10.0. The Morgan fingerprint density at radius 1 is 1.26 bits per heavy atom. The highest BCUT2D eigenvalue weighted by molar-refractivity contribution is 5.65. The Hall–Kier alpha value is -2.61. The molecule has 1 aromatic carbocycles. The Morgan fingerprint density at radius 3 is 2.89 bits per heavy atom. The van der Waals surface area contributed by atoms with Crippen molar-refractivity contribution in [2.24, 2.45) is 0 Å². The predicted molar refractivity (Wildman–Crippen MR) is 70.8 cm³/mol. The minimum absolute atomic E-state index is 0.204. The van der Waals surface area contributed by atoms with Crippen molar-refractivity contribution in [3.8, 4) is 22.9 Å². The van der Waals surface area contributed by atoms with Crippen LogP contribution in [0.1, 0.15) is 5.56 Å². The fraction of sp³-hybridized carbons (Fsp3) is 0.214. The molecule has 0 bridgehead atoms. The van der Waals surface area contributed by atoms with Crippen molar-refractivity contribution < 1.29 is 4.74 Å². The third-order valence-electron chi connectivity index (χ3n) is 3.00. The Morgan fingerprint density at radius 2 is 2.11 bits per heavy atom. The molecule has 5 heteroatoms. The van der Waals surface area contributed by atoms with Gasteiger partial charge in [0, 0.05) is 24.4 Å². The van der Waals surface area contributed by atoms with Crippen LogP contribution in [0.15, 0.2) is 30.6 Å². The Labute approximate surface area is 110 Å². The van der Waals surface area contributed by atoms with E-state index in [4.69, 9.17) is 10.00 Å². The molecule has 0 spiro atoms. The topological polar surface area (TPSA) is 70.8 Å². The first-order valence-corrected chi connectivity index (χ1v) is 6.06. The molecular weight excluding hydrogens is 240 g/mol. The lowest BCUT2D eigenvalue weighted by Gasteiger charge is -2.05. The van der Waals surface area contributed by atoms with Gasteiger partial charge < -0.3 is 10.1 Å². The maximum Gasteiger partial charge on any atom is 0.223 e. The summed E-state index contributed by atoms with van der Waals surface area (Å²) in [5, 5.41) is 11.3. The summed E-state index contributed by atoms with van der Waals surface area (Å²) in [6, 6.07) is 8.09. The zero-order chi connectivity index (χ0) is 13.1. The predicted octanol–water partition coefficient (Wildman–Crippen LogP) is 2.01. The number of aromatic nitrogens is 2. The van der Waals surface area contributed by atoms with Crippen LogP contribution in [-0.2, 0) is 6.42 Å². The average molecular weight is 252 g/mol. The summed E-state index contributed by atoms with van der Waals surface area (Å²) in [5.41, 5.74) is 3.26. The second kappa shape index (κ2) is 4.94. The first-order valence-electron chi connectivity index (χ1n) is 6.06. The van der Waals surface area contributed by atoms with Gasteiger partial charge in [-0.05, 0) is 23.3 Å². The first-order chi connectivity index (χ1) is 9.36. The quantitative estimate of drug-likeness (QED) is 0.846. The highest BCUT2D eigenvalue weighted by Gasteiger charge is 2.12. The van der Waals surface area contributed by atoms with Gasteiger partial charge in [0.25, 0.3) is 0 Å². The van der Waals surface area contributed by atoms with Crippen molar-refractivity contribution in [1.29, 1.82) is 5.26 Å². The minimum atomic E-state index is 0.204. The summed E-state index contributed by atoms with van der Waals surface area (Å²) >= 11 is 0. The fourth-order valence-electron chi connectivity index (χ4n) is 2.05. The zero-order valence-corrected chi connectivity index (χ0v) is 10.3. The molecule has 1 aliphatic rings. The summed E-state index contributed by atoms with van der Waals surface area (Å²) in [7, 11) is 0. The molecule has 0 saturated heterocycles.